The standard InChI is InChI=1S/C19H21F3N2O4/c1-18(2,3)28-17(25)24-8-6-12(19(20,21)22)11-14(24)15-13(5-4-7-23-15)16-26-9-10-27-16/h4-5,7,9-12,16H,6,8H2,1-3H3. The predicted molar refractivity (Wildman–Crippen MR) is 93.4 cm³/mol. The van der Waals surface area contributed by atoms with E-state index in [2.05, 4.69) is 4.98 Å². The van der Waals surface area contributed by atoms with Gasteiger partial charge >= 0.3 is 12.3 Å². The van der Waals surface area contributed by atoms with E-state index in [0.29, 0.717) is 5.56 Å². The van der Waals surface area contributed by atoms with E-state index in [0.717, 1.165) is 6.08 Å². The van der Waals surface area contributed by atoms with Crippen LogP contribution in [0.3, 0.4) is 0 Å². The number of pyridine rings is 1. The Labute approximate surface area is 160 Å². The van der Waals surface area contributed by atoms with E-state index in [4.69, 9.17) is 14.2 Å². The quantitative estimate of drug-likeness (QED) is 0.719. The molecule has 0 bridgehead atoms. The van der Waals surface area contributed by atoms with Crippen LogP contribution >= 0.6 is 0 Å². The maximum Gasteiger partial charge on any atom is 0.414 e. The van der Waals surface area contributed by atoms with Gasteiger partial charge in [-0.15, -0.1) is 0 Å². The number of halogens is 3. The second kappa shape index (κ2) is 7.37. The van der Waals surface area contributed by atoms with Gasteiger partial charge in [0.05, 0.1) is 22.9 Å². The van der Waals surface area contributed by atoms with E-state index in [1.807, 2.05) is 0 Å². The predicted octanol–water partition coefficient (Wildman–Crippen LogP) is 4.76. The molecule has 3 heterocycles. The lowest BCUT2D eigenvalue weighted by Crippen LogP contribution is -2.41. The third-order valence-electron chi connectivity index (χ3n) is 4.14. The van der Waals surface area contributed by atoms with E-state index in [1.54, 1.807) is 32.9 Å². The number of hydrogen-bond donors (Lipinski definition) is 0. The Morgan fingerprint density at radius 1 is 1.25 bits per heavy atom. The van der Waals surface area contributed by atoms with Crippen LogP contribution in [0.25, 0.3) is 5.70 Å². The molecule has 2 aliphatic rings. The van der Waals surface area contributed by atoms with Crippen LogP contribution in [0.5, 0.6) is 0 Å². The molecule has 1 atom stereocenters. The Balaban J connectivity index is 2.03. The van der Waals surface area contributed by atoms with Gasteiger partial charge in [0.1, 0.15) is 18.1 Å². The lowest BCUT2D eigenvalue weighted by atomic mass is 9.96. The van der Waals surface area contributed by atoms with Gasteiger partial charge in [-0.1, -0.05) is 0 Å². The second-order valence-corrected chi connectivity index (χ2v) is 7.44. The van der Waals surface area contributed by atoms with Crippen molar-refractivity contribution in [2.75, 3.05) is 6.54 Å². The molecule has 3 rings (SSSR count). The smallest absolute Gasteiger partial charge is 0.414 e. The topological polar surface area (TPSA) is 60.9 Å². The molecule has 1 aromatic rings. The molecule has 9 heteroatoms. The number of amides is 1. The average Bonchev–Trinajstić information content (AvgIpc) is 3.13. The van der Waals surface area contributed by atoms with E-state index >= 15 is 0 Å². The van der Waals surface area contributed by atoms with Crippen molar-refractivity contribution in [1.82, 2.24) is 9.88 Å². The third-order valence-corrected chi connectivity index (χ3v) is 4.14. The highest BCUT2D eigenvalue weighted by Gasteiger charge is 2.43. The summed E-state index contributed by atoms with van der Waals surface area (Å²) in [6.45, 7) is 4.92. The molecule has 1 amide bonds. The molecule has 28 heavy (non-hydrogen) atoms. The molecule has 0 fully saturated rings. The number of ether oxygens (including phenoxy) is 3. The fourth-order valence-corrected chi connectivity index (χ4v) is 2.93. The van der Waals surface area contributed by atoms with Crippen molar-refractivity contribution in [3.05, 3.63) is 48.2 Å². The molecule has 1 unspecified atom stereocenters. The number of carbonyl (C=O) groups is 1. The Hall–Kier alpha value is -2.71. The summed E-state index contributed by atoms with van der Waals surface area (Å²) in [7, 11) is 0. The van der Waals surface area contributed by atoms with Gasteiger partial charge in [-0.3, -0.25) is 9.88 Å². The molecule has 0 N–H and O–H groups in total. The van der Waals surface area contributed by atoms with Crippen LogP contribution in [0.15, 0.2) is 36.9 Å². The zero-order chi connectivity index (χ0) is 20.5. The number of hydrogen-bond acceptors (Lipinski definition) is 5. The van der Waals surface area contributed by atoms with Gasteiger partial charge in [0.15, 0.2) is 0 Å². The minimum atomic E-state index is -4.43. The zero-order valence-corrected chi connectivity index (χ0v) is 15.7. The summed E-state index contributed by atoms with van der Waals surface area (Å²) in [6.07, 6.45) is -1.15. The molecule has 0 saturated heterocycles. The number of carbonyl (C=O) groups excluding carboxylic acids is 1. The van der Waals surface area contributed by atoms with Gasteiger partial charge in [-0.2, -0.15) is 13.2 Å². The van der Waals surface area contributed by atoms with Gasteiger partial charge in [0, 0.05) is 12.7 Å². The molecule has 1 aromatic heterocycles. The molecule has 0 saturated carbocycles. The molecule has 152 valence electrons. The highest BCUT2D eigenvalue weighted by Crippen LogP contribution is 2.39. The summed E-state index contributed by atoms with van der Waals surface area (Å²) in [5.74, 6) is -1.69. The van der Waals surface area contributed by atoms with E-state index in [1.165, 1.54) is 23.6 Å². The number of nitrogens with zero attached hydrogens (tertiary/aromatic N) is 2. The number of aromatic nitrogens is 1. The van der Waals surface area contributed by atoms with E-state index in [9.17, 15) is 18.0 Å². The minimum Gasteiger partial charge on any atom is -0.455 e. The van der Waals surface area contributed by atoms with Crippen molar-refractivity contribution < 1.29 is 32.2 Å². The van der Waals surface area contributed by atoms with Crippen LogP contribution in [0, 0.1) is 5.92 Å². The molecular weight excluding hydrogens is 377 g/mol. The molecule has 6 nitrogen and oxygen atoms in total. The first-order valence-corrected chi connectivity index (χ1v) is 8.76. The molecule has 0 spiro atoms. The van der Waals surface area contributed by atoms with Crippen LogP contribution < -0.4 is 0 Å². The van der Waals surface area contributed by atoms with Crippen LogP contribution in [0.4, 0.5) is 18.0 Å². The summed E-state index contributed by atoms with van der Waals surface area (Å²) in [5, 5.41) is 0. The second-order valence-electron chi connectivity index (χ2n) is 7.44. The lowest BCUT2D eigenvalue weighted by molar-refractivity contribution is -0.164. The summed E-state index contributed by atoms with van der Waals surface area (Å²) in [6, 6.07) is 3.25. The maximum absolute atomic E-state index is 13.4. The largest absolute Gasteiger partial charge is 0.455 e. The normalized spacial score (nSPS) is 20.4. The molecular formula is C19H21F3N2O4. The molecule has 2 aliphatic heterocycles. The van der Waals surface area contributed by atoms with E-state index in [-0.39, 0.29) is 24.4 Å². The average molecular weight is 398 g/mol. The van der Waals surface area contributed by atoms with Crippen molar-refractivity contribution >= 4 is 11.8 Å². The van der Waals surface area contributed by atoms with Gasteiger partial charge in [0.25, 0.3) is 6.29 Å². The van der Waals surface area contributed by atoms with Crippen LogP contribution in [0.2, 0.25) is 0 Å². The van der Waals surface area contributed by atoms with Crippen LogP contribution in [-0.4, -0.2) is 34.3 Å². The Bertz CT molecular complexity index is 791. The van der Waals surface area contributed by atoms with Gasteiger partial charge in [-0.25, -0.2) is 4.79 Å². The van der Waals surface area contributed by atoms with Gasteiger partial charge in [0.2, 0.25) is 0 Å². The monoisotopic (exact) mass is 398 g/mol. The van der Waals surface area contributed by atoms with Crippen LogP contribution in [-0.2, 0) is 14.2 Å². The summed E-state index contributed by atoms with van der Waals surface area (Å²) < 4.78 is 56.1. The molecule has 0 radical (unpaired) electrons. The van der Waals surface area contributed by atoms with Gasteiger partial charge in [-0.05, 0) is 45.4 Å². The SMILES string of the molecule is CC(C)(C)OC(=O)N1CCC(C(F)(F)F)C=C1c1ncccc1C1OC=CO1. The fourth-order valence-electron chi connectivity index (χ4n) is 2.93. The van der Waals surface area contributed by atoms with Crippen molar-refractivity contribution in [3.8, 4) is 0 Å². The Morgan fingerprint density at radius 3 is 2.54 bits per heavy atom. The van der Waals surface area contributed by atoms with Crippen molar-refractivity contribution in [2.45, 2.75) is 45.3 Å². The first-order chi connectivity index (χ1) is 13.1. The number of allylic oxidation sites excluding steroid dienone is 1. The lowest BCUT2D eigenvalue weighted by Gasteiger charge is -2.34. The third kappa shape index (κ3) is 4.40. The summed E-state index contributed by atoms with van der Waals surface area (Å²) >= 11 is 0. The fraction of sp³-hybridized carbons (Fsp3) is 0.474. The highest BCUT2D eigenvalue weighted by molar-refractivity contribution is 5.83. The number of rotatable bonds is 2. The van der Waals surface area contributed by atoms with Gasteiger partial charge < -0.3 is 14.2 Å². The highest BCUT2D eigenvalue weighted by atomic mass is 19.4. The van der Waals surface area contributed by atoms with Crippen molar-refractivity contribution in [2.24, 2.45) is 5.92 Å². The summed E-state index contributed by atoms with van der Waals surface area (Å²) in [5.41, 5.74) is -0.180. The van der Waals surface area contributed by atoms with Crippen molar-refractivity contribution in [1.29, 1.82) is 0 Å². The van der Waals surface area contributed by atoms with E-state index < -0.39 is 30.1 Å². The molecule has 0 aromatic carbocycles. The Morgan fingerprint density at radius 2 is 1.93 bits per heavy atom. The first kappa shape index (κ1) is 20.0. The Kier molecular flexibility index (Phi) is 5.27. The van der Waals surface area contributed by atoms with Crippen molar-refractivity contribution in [3.63, 3.8) is 0 Å². The van der Waals surface area contributed by atoms with Crippen LogP contribution in [0.1, 0.15) is 44.7 Å². The summed E-state index contributed by atoms with van der Waals surface area (Å²) in [4.78, 5) is 18.1. The minimum absolute atomic E-state index is 0.0255. The molecule has 0 aliphatic carbocycles. The number of alkyl halides is 3. The maximum atomic E-state index is 13.4. The first-order valence-electron chi connectivity index (χ1n) is 8.76. The zero-order valence-electron chi connectivity index (χ0n) is 15.7.